The Labute approximate surface area is 104 Å². The first-order valence-corrected chi connectivity index (χ1v) is 6.60. The molecule has 1 atom stereocenters. The first kappa shape index (κ1) is 11.9. The molecule has 0 aliphatic heterocycles. The van der Waals surface area contributed by atoms with Crippen LogP contribution in [0.25, 0.3) is 5.65 Å². The average molecular weight is 250 g/mol. The molecule has 0 saturated heterocycles. The van der Waals surface area contributed by atoms with Crippen molar-refractivity contribution in [2.75, 3.05) is 6.26 Å². The lowest BCUT2D eigenvalue weighted by Gasteiger charge is -2.08. The number of amides is 1. The molecule has 6 heteroatoms. The van der Waals surface area contributed by atoms with E-state index in [0.29, 0.717) is 6.54 Å². The molecule has 0 spiro atoms. The van der Waals surface area contributed by atoms with Crippen LogP contribution in [0.4, 0.5) is 0 Å². The van der Waals surface area contributed by atoms with Crippen LogP contribution in [0.1, 0.15) is 12.7 Å². The van der Waals surface area contributed by atoms with Gasteiger partial charge >= 0.3 is 0 Å². The largest absolute Gasteiger partial charge is 0.348 e. The summed E-state index contributed by atoms with van der Waals surface area (Å²) in [6, 6.07) is 5.69. The molecule has 0 saturated carbocycles. The molecular formula is C11H14N4OS. The van der Waals surface area contributed by atoms with Gasteiger partial charge in [-0.25, -0.2) is 0 Å². The predicted octanol–water partition coefficient (Wildman–Crippen LogP) is 1.10. The van der Waals surface area contributed by atoms with Crippen molar-refractivity contribution in [3.8, 4) is 0 Å². The van der Waals surface area contributed by atoms with Gasteiger partial charge in [0, 0.05) is 6.20 Å². The lowest BCUT2D eigenvalue weighted by Crippen LogP contribution is -2.30. The fraction of sp³-hybridized carbons (Fsp3) is 0.364. The monoisotopic (exact) mass is 250 g/mol. The molecule has 17 heavy (non-hydrogen) atoms. The van der Waals surface area contributed by atoms with Gasteiger partial charge in [0.1, 0.15) is 0 Å². The van der Waals surface area contributed by atoms with E-state index in [0.717, 1.165) is 11.5 Å². The molecular weight excluding hydrogens is 236 g/mol. The third kappa shape index (κ3) is 2.58. The summed E-state index contributed by atoms with van der Waals surface area (Å²) in [5, 5.41) is 10.9. The highest BCUT2D eigenvalue weighted by molar-refractivity contribution is 7.99. The van der Waals surface area contributed by atoms with Crippen molar-refractivity contribution >= 4 is 23.3 Å². The molecule has 2 aromatic rings. The van der Waals surface area contributed by atoms with Crippen molar-refractivity contribution < 1.29 is 4.79 Å². The van der Waals surface area contributed by atoms with Crippen LogP contribution >= 0.6 is 11.8 Å². The maximum atomic E-state index is 11.6. The summed E-state index contributed by atoms with van der Waals surface area (Å²) in [7, 11) is 0. The van der Waals surface area contributed by atoms with Gasteiger partial charge in [-0.3, -0.25) is 9.20 Å². The van der Waals surface area contributed by atoms with E-state index < -0.39 is 0 Å². The van der Waals surface area contributed by atoms with Gasteiger partial charge in [-0.05, 0) is 25.3 Å². The topological polar surface area (TPSA) is 59.3 Å². The van der Waals surface area contributed by atoms with E-state index in [1.165, 1.54) is 11.8 Å². The molecule has 1 amide bonds. The summed E-state index contributed by atoms with van der Waals surface area (Å²) < 4.78 is 1.87. The van der Waals surface area contributed by atoms with Crippen LogP contribution in [0, 0.1) is 0 Å². The normalized spacial score (nSPS) is 12.6. The number of thioether (sulfide) groups is 1. The quantitative estimate of drug-likeness (QED) is 0.882. The van der Waals surface area contributed by atoms with E-state index in [-0.39, 0.29) is 11.2 Å². The maximum Gasteiger partial charge on any atom is 0.233 e. The van der Waals surface area contributed by atoms with Crippen LogP contribution in [-0.4, -0.2) is 32.0 Å². The zero-order valence-corrected chi connectivity index (χ0v) is 10.6. The van der Waals surface area contributed by atoms with Gasteiger partial charge in [-0.2, -0.15) is 11.8 Å². The molecule has 0 aliphatic carbocycles. The van der Waals surface area contributed by atoms with Gasteiger partial charge in [0.25, 0.3) is 0 Å². The van der Waals surface area contributed by atoms with E-state index in [2.05, 4.69) is 15.5 Å². The fourth-order valence-electron chi connectivity index (χ4n) is 1.43. The molecule has 0 aliphatic rings. The molecule has 0 radical (unpaired) electrons. The van der Waals surface area contributed by atoms with Crippen molar-refractivity contribution in [1.82, 2.24) is 19.9 Å². The molecule has 0 aromatic carbocycles. The van der Waals surface area contributed by atoms with E-state index in [1.807, 2.05) is 42.0 Å². The summed E-state index contributed by atoms with van der Waals surface area (Å²) in [5.41, 5.74) is 0.787. The minimum atomic E-state index is -0.0471. The fourth-order valence-corrected chi connectivity index (χ4v) is 1.73. The Morgan fingerprint density at radius 2 is 2.35 bits per heavy atom. The molecule has 90 valence electrons. The van der Waals surface area contributed by atoms with E-state index in [4.69, 9.17) is 0 Å². The van der Waals surface area contributed by atoms with Crippen molar-refractivity contribution in [3.05, 3.63) is 30.2 Å². The van der Waals surface area contributed by atoms with Gasteiger partial charge in [-0.1, -0.05) is 6.07 Å². The molecule has 0 bridgehead atoms. The Morgan fingerprint density at radius 1 is 1.53 bits per heavy atom. The second-order valence-corrected chi connectivity index (χ2v) is 4.82. The third-order valence-electron chi connectivity index (χ3n) is 2.53. The number of hydrogen-bond acceptors (Lipinski definition) is 4. The zero-order valence-electron chi connectivity index (χ0n) is 9.75. The van der Waals surface area contributed by atoms with Crippen molar-refractivity contribution in [1.29, 1.82) is 0 Å². The molecule has 2 rings (SSSR count). The number of aromatic nitrogens is 3. The minimum Gasteiger partial charge on any atom is -0.348 e. The highest BCUT2D eigenvalue weighted by Gasteiger charge is 2.12. The second-order valence-electron chi connectivity index (χ2n) is 3.64. The lowest BCUT2D eigenvalue weighted by molar-refractivity contribution is -0.120. The van der Waals surface area contributed by atoms with Crippen LogP contribution in [0.3, 0.4) is 0 Å². The number of pyridine rings is 1. The summed E-state index contributed by atoms with van der Waals surface area (Å²) in [5.74, 6) is 0.757. The Morgan fingerprint density at radius 3 is 3.12 bits per heavy atom. The number of carbonyl (C=O) groups excluding carboxylic acids is 1. The number of nitrogens with zero attached hydrogens (tertiary/aromatic N) is 3. The first-order chi connectivity index (χ1) is 8.22. The standard InChI is InChI=1S/C11H14N4OS/c1-8(17-2)11(16)12-7-10-14-13-9-5-3-4-6-15(9)10/h3-6,8H,7H2,1-2H3,(H,12,16). The first-order valence-electron chi connectivity index (χ1n) is 5.31. The Kier molecular flexibility index (Phi) is 3.63. The van der Waals surface area contributed by atoms with Gasteiger partial charge in [0.15, 0.2) is 11.5 Å². The Bertz CT molecular complexity index is 525. The molecule has 1 N–H and O–H groups in total. The highest BCUT2D eigenvalue weighted by atomic mass is 32.2. The van der Waals surface area contributed by atoms with Gasteiger partial charge < -0.3 is 5.32 Å². The molecule has 5 nitrogen and oxygen atoms in total. The van der Waals surface area contributed by atoms with E-state index in [9.17, 15) is 4.79 Å². The van der Waals surface area contributed by atoms with E-state index >= 15 is 0 Å². The number of rotatable bonds is 4. The van der Waals surface area contributed by atoms with Gasteiger partial charge in [0.2, 0.25) is 5.91 Å². The van der Waals surface area contributed by atoms with Crippen LogP contribution in [0.2, 0.25) is 0 Å². The summed E-state index contributed by atoms with van der Waals surface area (Å²) in [6.45, 7) is 2.27. The van der Waals surface area contributed by atoms with Crippen LogP contribution < -0.4 is 5.32 Å². The molecule has 2 aromatic heterocycles. The van der Waals surface area contributed by atoms with Crippen LogP contribution in [-0.2, 0) is 11.3 Å². The molecule has 0 fully saturated rings. The highest BCUT2D eigenvalue weighted by Crippen LogP contribution is 2.06. The third-order valence-corrected chi connectivity index (χ3v) is 3.45. The van der Waals surface area contributed by atoms with Crippen LogP contribution in [0.15, 0.2) is 24.4 Å². The van der Waals surface area contributed by atoms with E-state index in [1.54, 1.807) is 0 Å². The summed E-state index contributed by atoms with van der Waals surface area (Å²) in [6.07, 6.45) is 3.80. The van der Waals surface area contributed by atoms with Gasteiger partial charge in [-0.15, -0.1) is 10.2 Å². The van der Waals surface area contributed by atoms with Crippen molar-refractivity contribution in [3.63, 3.8) is 0 Å². The van der Waals surface area contributed by atoms with Crippen LogP contribution in [0.5, 0.6) is 0 Å². The number of nitrogens with one attached hydrogen (secondary N) is 1. The summed E-state index contributed by atoms with van der Waals surface area (Å²) >= 11 is 1.52. The zero-order chi connectivity index (χ0) is 12.3. The average Bonchev–Trinajstić information content (AvgIpc) is 2.78. The van der Waals surface area contributed by atoms with Gasteiger partial charge in [0.05, 0.1) is 11.8 Å². The van der Waals surface area contributed by atoms with Crippen molar-refractivity contribution in [2.45, 2.75) is 18.7 Å². The Balaban J connectivity index is 2.07. The number of carbonyl (C=O) groups is 1. The molecule has 2 heterocycles. The predicted molar refractivity (Wildman–Crippen MR) is 67.8 cm³/mol. The Hall–Kier alpha value is -1.56. The SMILES string of the molecule is CSC(C)C(=O)NCc1nnc2ccccn12. The smallest absolute Gasteiger partial charge is 0.233 e. The number of fused-ring (bicyclic) bond motifs is 1. The number of hydrogen-bond donors (Lipinski definition) is 1. The van der Waals surface area contributed by atoms with Crippen molar-refractivity contribution in [2.24, 2.45) is 0 Å². The molecule has 1 unspecified atom stereocenters. The lowest BCUT2D eigenvalue weighted by atomic mass is 10.4. The minimum absolute atomic E-state index is 0.0187. The summed E-state index contributed by atoms with van der Waals surface area (Å²) in [4.78, 5) is 11.6. The second kappa shape index (κ2) is 5.18. The maximum absolute atomic E-state index is 11.6.